The number of hydrogen-bond acceptors (Lipinski definition) is 2. The third-order valence-electron chi connectivity index (χ3n) is 2.91. The van der Waals surface area contributed by atoms with Crippen LogP contribution in [-0.4, -0.2) is 12.3 Å². The van der Waals surface area contributed by atoms with Gasteiger partial charge in [0.15, 0.2) is 0 Å². The summed E-state index contributed by atoms with van der Waals surface area (Å²) in [5.41, 5.74) is 1.32. The van der Waals surface area contributed by atoms with Gasteiger partial charge in [0.05, 0.1) is 0 Å². The molecule has 0 aromatic heterocycles. The molecule has 0 unspecified atom stereocenters. The van der Waals surface area contributed by atoms with Crippen LogP contribution in [-0.2, 0) is 0 Å². The van der Waals surface area contributed by atoms with E-state index in [4.69, 9.17) is 0 Å². The number of nitrogens with one attached hydrogen (secondary N) is 1. The van der Waals surface area contributed by atoms with Gasteiger partial charge in [0, 0.05) is 27.7 Å². The predicted octanol–water partition coefficient (Wildman–Crippen LogP) is 4.89. The summed E-state index contributed by atoms with van der Waals surface area (Å²) in [7, 11) is 0. The van der Waals surface area contributed by atoms with Crippen molar-refractivity contribution in [1.29, 1.82) is 0 Å². The van der Waals surface area contributed by atoms with Gasteiger partial charge in [0.2, 0.25) is 0 Å². The van der Waals surface area contributed by atoms with E-state index >= 15 is 0 Å². The average molecular weight is 336 g/mol. The Morgan fingerprint density at radius 1 is 1.11 bits per heavy atom. The van der Waals surface area contributed by atoms with E-state index in [0.29, 0.717) is 6.04 Å². The van der Waals surface area contributed by atoms with Crippen molar-refractivity contribution >= 4 is 27.7 Å². The molecular weight excluding hydrogens is 318 g/mol. The van der Waals surface area contributed by atoms with Gasteiger partial charge in [-0.2, -0.15) is 0 Å². The Morgan fingerprint density at radius 3 is 2.63 bits per heavy atom. The molecule has 0 aliphatic carbocycles. The smallest absolute Gasteiger partial charge is 0.0292 e. The largest absolute Gasteiger partial charge is 0.309 e. The van der Waals surface area contributed by atoms with Crippen LogP contribution in [0.3, 0.4) is 0 Å². The lowest BCUT2D eigenvalue weighted by molar-refractivity contribution is 0.601. The fourth-order valence-corrected chi connectivity index (χ4v) is 3.08. The van der Waals surface area contributed by atoms with Crippen molar-refractivity contribution in [2.24, 2.45) is 0 Å². The summed E-state index contributed by atoms with van der Waals surface area (Å²) in [6, 6.07) is 19.4. The van der Waals surface area contributed by atoms with E-state index < -0.39 is 0 Å². The third kappa shape index (κ3) is 5.01. The summed E-state index contributed by atoms with van der Waals surface area (Å²) in [6.07, 6.45) is 0. The second-order valence-electron chi connectivity index (χ2n) is 4.39. The van der Waals surface area contributed by atoms with Crippen LogP contribution in [0.15, 0.2) is 64.0 Å². The molecule has 19 heavy (non-hydrogen) atoms. The SMILES string of the molecule is C[C@@H](NCCSc1ccccc1)c1cccc(Br)c1. The molecule has 0 heterocycles. The first-order valence-electron chi connectivity index (χ1n) is 6.42. The molecule has 2 aromatic rings. The van der Waals surface area contributed by atoms with E-state index in [-0.39, 0.29) is 0 Å². The van der Waals surface area contributed by atoms with Crippen molar-refractivity contribution in [2.45, 2.75) is 17.9 Å². The fourth-order valence-electron chi connectivity index (χ4n) is 1.85. The number of hydrogen-bond donors (Lipinski definition) is 1. The lowest BCUT2D eigenvalue weighted by Crippen LogP contribution is -2.21. The molecule has 0 saturated heterocycles. The second-order valence-corrected chi connectivity index (χ2v) is 6.48. The van der Waals surface area contributed by atoms with Crippen molar-refractivity contribution in [3.63, 3.8) is 0 Å². The van der Waals surface area contributed by atoms with Crippen LogP contribution in [0.2, 0.25) is 0 Å². The highest BCUT2D eigenvalue weighted by Crippen LogP contribution is 2.19. The standard InChI is InChI=1S/C16H18BrNS/c1-13(14-6-5-7-15(17)12-14)18-10-11-19-16-8-3-2-4-9-16/h2-9,12-13,18H,10-11H2,1H3/t13-/m1/s1. The molecule has 0 fully saturated rings. The fraction of sp³-hybridized carbons (Fsp3) is 0.250. The first-order chi connectivity index (χ1) is 9.25. The molecule has 100 valence electrons. The molecule has 1 N–H and O–H groups in total. The maximum Gasteiger partial charge on any atom is 0.0292 e. The van der Waals surface area contributed by atoms with Gasteiger partial charge >= 0.3 is 0 Å². The molecule has 1 atom stereocenters. The Morgan fingerprint density at radius 2 is 1.89 bits per heavy atom. The molecular formula is C16H18BrNS. The van der Waals surface area contributed by atoms with E-state index in [9.17, 15) is 0 Å². The molecule has 0 amide bonds. The molecule has 0 saturated carbocycles. The minimum absolute atomic E-state index is 0.383. The normalized spacial score (nSPS) is 12.3. The Hall–Kier alpha value is -0.770. The number of thioether (sulfide) groups is 1. The highest BCUT2D eigenvalue weighted by Gasteiger charge is 2.04. The van der Waals surface area contributed by atoms with Crippen molar-refractivity contribution in [2.75, 3.05) is 12.3 Å². The topological polar surface area (TPSA) is 12.0 Å². The summed E-state index contributed by atoms with van der Waals surface area (Å²) in [5.74, 6) is 1.09. The first-order valence-corrected chi connectivity index (χ1v) is 8.20. The van der Waals surface area contributed by atoms with Crippen LogP contribution in [0.25, 0.3) is 0 Å². The lowest BCUT2D eigenvalue weighted by Gasteiger charge is -2.14. The monoisotopic (exact) mass is 335 g/mol. The van der Waals surface area contributed by atoms with Crippen LogP contribution < -0.4 is 5.32 Å². The molecule has 2 rings (SSSR count). The zero-order valence-electron chi connectivity index (χ0n) is 11.0. The van der Waals surface area contributed by atoms with Crippen molar-refractivity contribution in [1.82, 2.24) is 5.32 Å². The quantitative estimate of drug-likeness (QED) is 0.595. The molecule has 2 aromatic carbocycles. The zero-order chi connectivity index (χ0) is 13.5. The number of benzene rings is 2. The van der Waals surface area contributed by atoms with Gasteiger partial charge in [-0.1, -0.05) is 46.3 Å². The first kappa shape index (κ1) is 14.6. The zero-order valence-corrected chi connectivity index (χ0v) is 13.4. The molecule has 0 spiro atoms. The van der Waals surface area contributed by atoms with Crippen LogP contribution >= 0.6 is 27.7 Å². The van der Waals surface area contributed by atoms with Crippen molar-refractivity contribution in [3.05, 3.63) is 64.6 Å². The second kappa shape index (κ2) is 7.73. The lowest BCUT2D eigenvalue weighted by atomic mass is 10.1. The van der Waals surface area contributed by atoms with Gasteiger partial charge in [-0.05, 0) is 36.8 Å². The minimum Gasteiger partial charge on any atom is -0.309 e. The van der Waals surface area contributed by atoms with Gasteiger partial charge in [-0.15, -0.1) is 11.8 Å². The highest BCUT2D eigenvalue weighted by atomic mass is 79.9. The number of rotatable bonds is 6. The summed E-state index contributed by atoms with van der Waals surface area (Å²) in [4.78, 5) is 1.33. The Labute approximate surface area is 127 Å². The van der Waals surface area contributed by atoms with Gasteiger partial charge in [0.1, 0.15) is 0 Å². The van der Waals surface area contributed by atoms with E-state index in [2.05, 4.69) is 82.8 Å². The van der Waals surface area contributed by atoms with Gasteiger partial charge < -0.3 is 5.32 Å². The molecule has 0 aliphatic rings. The van der Waals surface area contributed by atoms with E-state index in [0.717, 1.165) is 16.8 Å². The predicted molar refractivity (Wildman–Crippen MR) is 87.7 cm³/mol. The van der Waals surface area contributed by atoms with Crippen molar-refractivity contribution in [3.8, 4) is 0 Å². The van der Waals surface area contributed by atoms with Crippen LogP contribution in [0, 0.1) is 0 Å². The molecule has 0 radical (unpaired) electrons. The summed E-state index contributed by atoms with van der Waals surface area (Å²) >= 11 is 5.40. The summed E-state index contributed by atoms with van der Waals surface area (Å²) in [6.45, 7) is 3.21. The van der Waals surface area contributed by atoms with Gasteiger partial charge in [0.25, 0.3) is 0 Å². The molecule has 0 bridgehead atoms. The maximum atomic E-state index is 3.55. The highest BCUT2D eigenvalue weighted by molar-refractivity contribution is 9.10. The van der Waals surface area contributed by atoms with Gasteiger partial charge in [-0.3, -0.25) is 0 Å². The molecule has 0 aliphatic heterocycles. The number of halogens is 1. The summed E-state index contributed by atoms with van der Waals surface area (Å²) < 4.78 is 1.14. The van der Waals surface area contributed by atoms with E-state index in [1.165, 1.54) is 10.5 Å². The molecule has 3 heteroatoms. The summed E-state index contributed by atoms with van der Waals surface area (Å²) in [5, 5.41) is 3.55. The average Bonchev–Trinajstić information content (AvgIpc) is 2.44. The Balaban J connectivity index is 1.74. The van der Waals surface area contributed by atoms with E-state index in [1.54, 1.807) is 0 Å². The van der Waals surface area contributed by atoms with E-state index in [1.807, 2.05) is 11.8 Å². The minimum atomic E-state index is 0.383. The van der Waals surface area contributed by atoms with Gasteiger partial charge in [-0.25, -0.2) is 0 Å². The molecule has 1 nitrogen and oxygen atoms in total. The van der Waals surface area contributed by atoms with Crippen LogP contribution in [0.4, 0.5) is 0 Å². The van der Waals surface area contributed by atoms with Crippen LogP contribution in [0.5, 0.6) is 0 Å². The third-order valence-corrected chi connectivity index (χ3v) is 4.42. The maximum absolute atomic E-state index is 3.55. The Bertz CT molecular complexity index is 501. The van der Waals surface area contributed by atoms with Crippen molar-refractivity contribution < 1.29 is 0 Å². The Kier molecular flexibility index (Phi) is 5.95. The van der Waals surface area contributed by atoms with Crippen LogP contribution in [0.1, 0.15) is 18.5 Å².